The van der Waals surface area contributed by atoms with Crippen LogP contribution in [0.25, 0.3) is 0 Å². The van der Waals surface area contributed by atoms with E-state index in [1.165, 1.54) is 43.2 Å². The molecule has 3 rings (SSSR count). The van der Waals surface area contributed by atoms with Crippen LogP contribution in [0.4, 0.5) is 0 Å². The van der Waals surface area contributed by atoms with Gasteiger partial charge in [-0.25, -0.2) is 0 Å². The van der Waals surface area contributed by atoms with Crippen LogP contribution in [0.2, 0.25) is 0 Å². The average Bonchev–Trinajstić information content (AvgIpc) is 3.02. The maximum absolute atomic E-state index is 4.34. The van der Waals surface area contributed by atoms with Crippen molar-refractivity contribution >= 4 is 0 Å². The van der Waals surface area contributed by atoms with Gasteiger partial charge in [0.15, 0.2) is 0 Å². The second-order valence-corrected chi connectivity index (χ2v) is 8.01. The quantitative estimate of drug-likeness (QED) is 0.748. The van der Waals surface area contributed by atoms with Crippen molar-refractivity contribution in [2.75, 3.05) is 0 Å². The van der Waals surface area contributed by atoms with Crippen LogP contribution < -0.4 is 5.32 Å². The maximum Gasteiger partial charge on any atom is 0.147 e. The molecule has 2 aromatic rings. The summed E-state index contributed by atoms with van der Waals surface area (Å²) < 4.78 is 2.18. The van der Waals surface area contributed by atoms with E-state index in [4.69, 9.17) is 0 Å². The van der Waals surface area contributed by atoms with E-state index in [0.29, 0.717) is 12.0 Å². The predicted molar refractivity (Wildman–Crippen MR) is 107 cm³/mol. The standard InChI is InChI=1S/C22H34N4/c1-5-26-17(4)24-25-21(26)15-23-22(16(2)3)20-13-11-19(12-14-20)18-9-7-6-8-10-18/h11-14,16,18,22-23H,5-10,15H2,1-4H3/t22-/m1/s1. The summed E-state index contributed by atoms with van der Waals surface area (Å²) in [5.74, 6) is 3.31. The molecule has 1 heterocycles. The van der Waals surface area contributed by atoms with Crippen LogP contribution in [0.1, 0.15) is 87.6 Å². The molecule has 4 nitrogen and oxygen atoms in total. The molecule has 0 radical (unpaired) electrons. The summed E-state index contributed by atoms with van der Waals surface area (Å²) in [6, 6.07) is 9.72. The van der Waals surface area contributed by atoms with Gasteiger partial charge in [0.2, 0.25) is 0 Å². The minimum Gasteiger partial charge on any atom is -0.314 e. The molecule has 0 aliphatic heterocycles. The fraction of sp³-hybridized carbons (Fsp3) is 0.636. The van der Waals surface area contributed by atoms with E-state index in [0.717, 1.165) is 30.7 Å². The number of nitrogens with zero attached hydrogens (tertiary/aromatic N) is 3. The third-order valence-electron chi connectivity index (χ3n) is 5.85. The normalized spacial score (nSPS) is 17.0. The predicted octanol–water partition coefficient (Wildman–Crippen LogP) is 5.14. The first kappa shape index (κ1) is 19.1. The van der Waals surface area contributed by atoms with Gasteiger partial charge >= 0.3 is 0 Å². The number of aryl methyl sites for hydroxylation is 1. The zero-order valence-electron chi connectivity index (χ0n) is 16.8. The van der Waals surface area contributed by atoms with Crippen LogP contribution in [-0.2, 0) is 13.1 Å². The SMILES string of the molecule is CCn1c(C)nnc1CN[C@@H](c1ccc(C2CCCCC2)cc1)C(C)C. The van der Waals surface area contributed by atoms with Crippen molar-refractivity contribution < 1.29 is 0 Å². The van der Waals surface area contributed by atoms with E-state index in [-0.39, 0.29) is 0 Å². The summed E-state index contributed by atoms with van der Waals surface area (Å²) in [6.07, 6.45) is 6.91. The first-order valence-electron chi connectivity index (χ1n) is 10.3. The van der Waals surface area contributed by atoms with Gasteiger partial charge in [-0.2, -0.15) is 0 Å². The van der Waals surface area contributed by atoms with Gasteiger partial charge in [-0.1, -0.05) is 57.4 Å². The first-order chi connectivity index (χ1) is 12.6. The average molecular weight is 355 g/mol. The highest BCUT2D eigenvalue weighted by Crippen LogP contribution is 2.33. The molecule has 0 saturated heterocycles. The molecule has 26 heavy (non-hydrogen) atoms. The lowest BCUT2D eigenvalue weighted by Gasteiger charge is -2.25. The Morgan fingerprint density at radius 3 is 2.38 bits per heavy atom. The van der Waals surface area contributed by atoms with Crippen molar-refractivity contribution in [1.29, 1.82) is 0 Å². The maximum atomic E-state index is 4.34. The third-order valence-corrected chi connectivity index (χ3v) is 5.85. The van der Waals surface area contributed by atoms with Crippen molar-refractivity contribution in [3.63, 3.8) is 0 Å². The van der Waals surface area contributed by atoms with Crippen LogP contribution >= 0.6 is 0 Å². The van der Waals surface area contributed by atoms with Gasteiger partial charge in [-0.15, -0.1) is 10.2 Å². The third kappa shape index (κ3) is 4.35. The van der Waals surface area contributed by atoms with Crippen LogP contribution in [0.3, 0.4) is 0 Å². The highest BCUT2D eigenvalue weighted by atomic mass is 15.3. The van der Waals surface area contributed by atoms with E-state index in [2.05, 4.69) is 65.1 Å². The van der Waals surface area contributed by atoms with Crippen molar-refractivity contribution in [2.24, 2.45) is 5.92 Å². The Labute approximate surface area is 158 Å². The number of hydrogen-bond donors (Lipinski definition) is 1. The zero-order valence-corrected chi connectivity index (χ0v) is 16.8. The summed E-state index contributed by atoms with van der Waals surface area (Å²) in [5.41, 5.74) is 2.90. The highest BCUT2D eigenvalue weighted by Gasteiger charge is 2.19. The molecule has 0 spiro atoms. The Morgan fingerprint density at radius 1 is 1.08 bits per heavy atom. The van der Waals surface area contributed by atoms with E-state index in [1.54, 1.807) is 0 Å². The van der Waals surface area contributed by atoms with Crippen molar-refractivity contribution in [3.05, 3.63) is 47.0 Å². The highest BCUT2D eigenvalue weighted by molar-refractivity contribution is 5.28. The molecule has 1 aromatic heterocycles. The zero-order chi connectivity index (χ0) is 18.5. The van der Waals surface area contributed by atoms with Crippen molar-refractivity contribution in [3.8, 4) is 0 Å². The lowest BCUT2D eigenvalue weighted by molar-refractivity contribution is 0.401. The van der Waals surface area contributed by atoms with Crippen LogP contribution in [0.5, 0.6) is 0 Å². The molecule has 1 saturated carbocycles. The number of benzene rings is 1. The van der Waals surface area contributed by atoms with E-state index >= 15 is 0 Å². The van der Waals surface area contributed by atoms with Gasteiger partial charge in [0.1, 0.15) is 11.6 Å². The van der Waals surface area contributed by atoms with Crippen molar-refractivity contribution in [2.45, 2.75) is 84.8 Å². The van der Waals surface area contributed by atoms with E-state index in [9.17, 15) is 0 Å². The van der Waals surface area contributed by atoms with E-state index in [1.807, 2.05) is 6.92 Å². The number of rotatable bonds is 7. The second kappa shape index (κ2) is 8.81. The van der Waals surface area contributed by atoms with Gasteiger partial charge in [-0.05, 0) is 49.7 Å². The van der Waals surface area contributed by atoms with Gasteiger partial charge in [0.25, 0.3) is 0 Å². The smallest absolute Gasteiger partial charge is 0.147 e. The molecule has 1 aliphatic carbocycles. The Morgan fingerprint density at radius 2 is 1.77 bits per heavy atom. The molecule has 4 heteroatoms. The molecule has 0 amide bonds. The second-order valence-electron chi connectivity index (χ2n) is 8.01. The molecule has 1 atom stereocenters. The minimum atomic E-state index is 0.331. The van der Waals surface area contributed by atoms with E-state index < -0.39 is 0 Å². The summed E-state index contributed by atoms with van der Waals surface area (Å²) in [6.45, 7) is 10.4. The Kier molecular flexibility index (Phi) is 6.47. The summed E-state index contributed by atoms with van der Waals surface area (Å²) in [4.78, 5) is 0. The minimum absolute atomic E-state index is 0.331. The Bertz CT molecular complexity index is 681. The molecular weight excluding hydrogens is 320 g/mol. The van der Waals surface area contributed by atoms with Gasteiger partial charge in [0, 0.05) is 12.6 Å². The van der Waals surface area contributed by atoms with Crippen LogP contribution in [0, 0.1) is 12.8 Å². The molecule has 1 aromatic carbocycles. The molecular formula is C22H34N4. The summed E-state index contributed by atoms with van der Waals surface area (Å²) in [5, 5.41) is 12.3. The van der Waals surface area contributed by atoms with Crippen LogP contribution in [-0.4, -0.2) is 14.8 Å². The first-order valence-corrected chi connectivity index (χ1v) is 10.3. The largest absolute Gasteiger partial charge is 0.314 e. The fourth-order valence-corrected chi connectivity index (χ4v) is 4.32. The number of hydrogen-bond acceptors (Lipinski definition) is 3. The van der Waals surface area contributed by atoms with Gasteiger partial charge in [-0.3, -0.25) is 0 Å². The fourth-order valence-electron chi connectivity index (χ4n) is 4.32. The molecule has 1 N–H and O–H groups in total. The van der Waals surface area contributed by atoms with Crippen molar-refractivity contribution in [1.82, 2.24) is 20.1 Å². The Hall–Kier alpha value is -1.68. The lowest BCUT2D eigenvalue weighted by Crippen LogP contribution is -2.27. The number of nitrogens with one attached hydrogen (secondary N) is 1. The molecule has 0 unspecified atom stereocenters. The molecule has 142 valence electrons. The number of aromatic nitrogens is 3. The summed E-state index contributed by atoms with van der Waals surface area (Å²) >= 11 is 0. The van der Waals surface area contributed by atoms with Gasteiger partial charge in [0.05, 0.1) is 6.54 Å². The summed E-state index contributed by atoms with van der Waals surface area (Å²) in [7, 11) is 0. The molecule has 1 fully saturated rings. The molecule has 0 bridgehead atoms. The topological polar surface area (TPSA) is 42.7 Å². The Balaban J connectivity index is 1.69. The van der Waals surface area contributed by atoms with Crippen LogP contribution in [0.15, 0.2) is 24.3 Å². The lowest BCUT2D eigenvalue weighted by atomic mass is 9.83. The van der Waals surface area contributed by atoms with Gasteiger partial charge < -0.3 is 9.88 Å². The molecule has 1 aliphatic rings. The monoisotopic (exact) mass is 354 g/mol.